The van der Waals surface area contributed by atoms with Gasteiger partial charge in [0.2, 0.25) is 11.8 Å². The van der Waals surface area contributed by atoms with Crippen LogP contribution >= 0.6 is 23.2 Å². The van der Waals surface area contributed by atoms with Crippen molar-refractivity contribution in [2.24, 2.45) is 0 Å². The van der Waals surface area contributed by atoms with Gasteiger partial charge in [0.25, 0.3) is 0 Å². The van der Waals surface area contributed by atoms with Crippen molar-refractivity contribution in [2.75, 3.05) is 0 Å². The summed E-state index contributed by atoms with van der Waals surface area (Å²) in [6, 6.07) is 2.35. The molecule has 0 spiro atoms. The topological polar surface area (TPSA) is 51.0 Å². The lowest BCUT2D eigenvalue weighted by molar-refractivity contribution is 0.379. The molecule has 2 aromatic rings. The highest BCUT2D eigenvalue weighted by Gasteiger charge is 2.19. The van der Waals surface area contributed by atoms with E-state index in [1.807, 2.05) is 13.8 Å². The first-order chi connectivity index (χ1) is 9.38. The van der Waals surface area contributed by atoms with E-state index in [9.17, 15) is 4.39 Å². The van der Waals surface area contributed by atoms with Gasteiger partial charge in [-0.25, -0.2) is 4.39 Å². The Bertz CT molecular complexity index is 618. The maximum atomic E-state index is 13.5. The van der Waals surface area contributed by atoms with E-state index in [0.29, 0.717) is 22.4 Å². The fraction of sp³-hybridized carbons (Fsp3) is 0.385. The van der Waals surface area contributed by atoms with Crippen molar-refractivity contribution in [1.82, 2.24) is 15.5 Å². The number of rotatable bonds is 4. The number of nitrogens with zero attached hydrogens (tertiary/aromatic N) is 2. The molecule has 0 fully saturated rings. The van der Waals surface area contributed by atoms with E-state index in [1.165, 1.54) is 12.1 Å². The molecule has 0 aliphatic heterocycles. The van der Waals surface area contributed by atoms with Gasteiger partial charge in [-0.15, -0.1) is 10.2 Å². The van der Waals surface area contributed by atoms with Gasteiger partial charge in [0.05, 0.1) is 11.1 Å². The fourth-order valence-electron chi connectivity index (χ4n) is 1.89. The zero-order valence-corrected chi connectivity index (χ0v) is 12.8. The molecule has 1 aromatic carbocycles. The molecule has 108 valence electrons. The van der Waals surface area contributed by atoms with E-state index in [2.05, 4.69) is 15.5 Å². The minimum atomic E-state index is -0.499. The number of aromatic nitrogens is 2. The van der Waals surface area contributed by atoms with Crippen molar-refractivity contribution in [3.8, 4) is 0 Å². The summed E-state index contributed by atoms with van der Waals surface area (Å²) in [4.78, 5) is 0. The third-order valence-electron chi connectivity index (χ3n) is 2.92. The van der Waals surface area contributed by atoms with Gasteiger partial charge in [0.1, 0.15) is 5.82 Å². The molecule has 1 aromatic heterocycles. The molecule has 0 bridgehead atoms. The first kappa shape index (κ1) is 15.2. The molecule has 0 unspecified atom stereocenters. The van der Waals surface area contributed by atoms with Crippen molar-refractivity contribution in [2.45, 2.75) is 32.9 Å². The van der Waals surface area contributed by atoms with Crippen LogP contribution in [0.25, 0.3) is 0 Å². The summed E-state index contributed by atoms with van der Waals surface area (Å²) in [7, 11) is 0. The molecule has 0 aliphatic rings. The normalized spacial score (nSPS) is 14.3. The van der Waals surface area contributed by atoms with Crippen LogP contribution in [0.2, 0.25) is 10.0 Å². The van der Waals surface area contributed by atoms with E-state index in [-0.39, 0.29) is 17.1 Å². The molecular formula is C13H14Cl2FN3O. The molecule has 0 aliphatic carbocycles. The summed E-state index contributed by atoms with van der Waals surface area (Å²) >= 11 is 11.8. The second-order valence-electron chi connectivity index (χ2n) is 4.56. The van der Waals surface area contributed by atoms with E-state index >= 15 is 0 Å². The minimum Gasteiger partial charge on any atom is -0.424 e. The largest absolute Gasteiger partial charge is 0.424 e. The van der Waals surface area contributed by atoms with Gasteiger partial charge in [-0.05, 0) is 31.5 Å². The highest BCUT2D eigenvalue weighted by atomic mass is 35.5. The summed E-state index contributed by atoms with van der Waals surface area (Å²) in [6.07, 6.45) is 0. The molecule has 0 radical (unpaired) electrons. The Hall–Kier alpha value is -1.17. The third-order valence-corrected chi connectivity index (χ3v) is 3.54. The lowest BCUT2D eigenvalue weighted by Crippen LogP contribution is -2.23. The molecule has 20 heavy (non-hydrogen) atoms. The molecular weight excluding hydrogens is 304 g/mol. The van der Waals surface area contributed by atoms with Crippen molar-refractivity contribution < 1.29 is 8.81 Å². The van der Waals surface area contributed by atoms with E-state index in [4.69, 9.17) is 27.6 Å². The van der Waals surface area contributed by atoms with Crippen molar-refractivity contribution in [1.29, 1.82) is 0 Å². The van der Waals surface area contributed by atoms with Crippen LogP contribution in [-0.4, -0.2) is 10.2 Å². The fourth-order valence-corrected chi connectivity index (χ4v) is 2.44. The Morgan fingerprint density at radius 3 is 2.45 bits per heavy atom. The summed E-state index contributed by atoms with van der Waals surface area (Å²) in [6.45, 7) is 5.47. The van der Waals surface area contributed by atoms with Crippen molar-refractivity contribution >= 4 is 23.2 Å². The molecule has 4 nitrogen and oxygen atoms in total. The van der Waals surface area contributed by atoms with Crippen LogP contribution in [-0.2, 0) is 0 Å². The van der Waals surface area contributed by atoms with Crippen LogP contribution in [0.3, 0.4) is 0 Å². The summed E-state index contributed by atoms with van der Waals surface area (Å²) in [5.41, 5.74) is 0.622. The second kappa shape index (κ2) is 6.08. The molecule has 0 saturated carbocycles. The highest BCUT2D eigenvalue weighted by molar-refractivity contribution is 6.35. The first-order valence-electron chi connectivity index (χ1n) is 6.09. The molecule has 2 atom stereocenters. The van der Waals surface area contributed by atoms with Crippen LogP contribution in [0.4, 0.5) is 4.39 Å². The molecule has 1 N–H and O–H groups in total. The van der Waals surface area contributed by atoms with Gasteiger partial charge in [0.15, 0.2) is 0 Å². The average molecular weight is 318 g/mol. The van der Waals surface area contributed by atoms with Gasteiger partial charge in [-0.3, -0.25) is 5.32 Å². The van der Waals surface area contributed by atoms with Gasteiger partial charge in [-0.2, -0.15) is 0 Å². The maximum absolute atomic E-state index is 13.5. The average Bonchev–Trinajstić information content (AvgIpc) is 2.80. The predicted octanol–water partition coefficient (Wildman–Crippen LogP) is 4.24. The number of hydrogen-bond donors (Lipinski definition) is 1. The monoisotopic (exact) mass is 317 g/mol. The van der Waals surface area contributed by atoms with E-state index in [0.717, 1.165) is 0 Å². The van der Waals surface area contributed by atoms with Crippen molar-refractivity contribution in [3.05, 3.63) is 45.3 Å². The lowest BCUT2D eigenvalue weighted by Gasteiger charge is -2.19. The predicted molar refractivity (Wildman–Crippen MR) is 75.4 cm³/mol. The van der Waals surface area contributed by atoms with Crippen LogP contribution in [0, 0.1) is 12.7 Å². The Labute approximate surface area is 126 Å². The van der Waals surface area contributed by atoms with Gasteiger partial charge in [-0.1, -0.05) is 23.2 Å². The standard InChI is InChI=1S/C13H14Cl2FN3O/c1-6(9-4-12(16)11(15)5-10(9)14)17-7(2)13-19-18-8(3)20-13/h4-7,17H,1-3H3/t6-,7-/m1/s1. The number of aryl methyl sites for hydroxylation is 1. The minimum absolute atomic E-state index is 0.00604. The SMILES string of the molecule is Cc1nnc([C@@H](C)N[C@H](C)c2cc(F)c(Cl)cc2Cl)o1. The maximum Gasteiger partial charge on any atom is 0.233 e. The summed E-state index contributed by atoms with van der Waals surface area (Å²) in [5.74, 6) is 0.470. The van der Waals surface area contributed by atoms with Crippen molar-refractivity contribution in [3.63, 3.8) is 0 Å². The first-order valence-corrected chi connectivity index (χ1v) is 6.84. The zero-order valence-electron chi connectivity index (χ0n) is 11.2. The second-order valence-corrected chi connectivity index (χ2v) is 5.37. The number of benzene rings is 1. The summed E-state index contributed by atoms with van der Waals surface area (Å²) < 4.78 is 18.9. The van der Waals surface area contributed by atoms with Crippen LogP contribution in [0.5, 0.6) is 0 Å². The third kappa shape index (κ3) is 3.29. The number of hydrogen-bond acceptors (Lipinski definition) is 4. The molecule has 0 saturated heterocycles. The van der Waals surface area contributed by atoms with Crippen LogP contribution in [0.15, 0.2) is 16.5 Å². The lowest BCUT2D eigenvalue weighted by atomic mass is 10.1. The van der Waals surface area contributed by atoms with Gasteiger partial charge >= 0.3 is 0 Å². The highest BCUT2D eigenvalue weighted by Crippen LogP contribution is 2.29. The smallest absolute Gasteiger partial charge is 0.233 e. The van der Waals surface area contributed by atoms with Gasteiger partial charge in [0, 0.05) is 18.0 Å². The Morgan fingerprint density at radius 1 is 1.15 bits per heavy atom. The quantitative estimate of drug-likeness (QED) is 0.857. The Kier molecular flexibility index (Phi) is 4.62. The molecule has 2 rings (SSSR count). The van der Waals surface area contributed by atoms with E-state index in [1.54, 1.807) is 6.92 Å². The summed E-state index contributed by atoms with van der Waals surface area (Å²) in [5, 5.41) is 11.3. The molecule has 1 heterocycles. The number of halogens is 3. The van der Waals surface area contributed by atoms with Crippen LogP contribution in [0.1, 0.15) is 43.3 Å². The Balaban J connectivity index is 2.16. The Morgan fingerprint density at radius 2 is 1.85 bits per heavy atom. The van der Waals surface area contributed by atoms with Gasteiger partial charge < -0.3 is 4.42 Å². The molecule has 0 amide bonds. The van der Waals surface area contributed by atoms with E-state index < -0.39 is 5.82 Å². The number of nitrogens with one attached hydrogen (secondary N) is 1. The molecule has 7 heteroatoms. The van der Waals surface area contributed by atoms with Crippen LogP contribution < -0.4 is 5.32 Å². The zero-order chi connectivity index (χ0) is 14.9.